The van der Waals surface area contributed by atoms with Gasteiger partial charge in [0.05, 0.1) is 6.10 Å². The fourth-order valence-electron chi connectivity index (χ4n) is 3.48. The predicted octanol–water partition coefficient (Wildman–Crippen LogP) is 2.77. The van der Waals surface area contributed by atoms with Crippen LogP contribution in [-0.4, -0.2) is 54.2 Å². The maximum absolute atomic E-state index is 10.2. The van der Waals surface area contributed by atoms with Crippen LogP contribution in [0.3, 0.4) is 0 Å². The van der Waals surface area contributed by atoms with Gasteiger partial charge in [0.15, 0.2) is 0 Å². The van der Waals surface area contributed by atoms with Gasteiger partial charge in [0.1, 0.15) is 0 Å². The summed E-state index contributed by atoms with van der Waals surface area (Å²) in [4.78, 5) is 4.46. The Morgan fingerprint density at radius 1 is 1.09 bits per heavy atom. The molecule has 1 saturated heterocycles. The number of likely N-dealkylation sites (tertiary alicyclic amines) is 1. The normalized spacial score (nSPS) is 22.0. The molecule has 0 amide bonds. The highest BCUT2D eigenvalue weighted by molar-refractivity contribution is 5.67. The quantitative estimate of drug-likeness (QED) is 0.941. The van der Waals surface area contributed by atoms with E-state index in [-0.39, 0.29) is 12.1 Å². The van der Waals surface area contributed by atoms with E-state index in [4.69, 9.17) is 0 Å². The molecule has 0 bridgehead atoms. The number of aliphatic hydroxyl groups excluding tert-OH is 1. The fraction of sp³-hybridized carbons (Fsp3) is 0.400. The van der Waals surface area contributed by atoms with Crippen molar-refractivity contribution in [1.29, 1.82) is 0 Å². The van der Waals surface area contributed by atoms with Crippen molar-refractivity contribution in [2.45, 2.75) is 25.6 Å². The molecule has 3 rings (SSSR count). The summed E-state index contributed by atoms with van der Waals surface area (Å²) in [6.45, 7) is 4.71. The molecule has 1 aliphatic rings. The van der Waals surface area contributed by atoms with Crippen LogP contribution in [0.1, 0.15) is 11.1 Å². The number of aliphatic hydroxyl groups is 1. The van der Waals surface area contributed by atoms with Crippen molar-refractivity contribution < 1.29 is 5.11 Å². The molecular formula is C20H26N2O. The lowest BCUT2D eigenvalue weighted by Crippen LogP contribution is -2.37. The van der Waals surface area contributed by atoms with Crippen molar-refractivity contribution >= 4 is 0 Å². The van der Waals surface area contributed by atoms with Crippen molar-refractivity contribution in [3.05, 3.63) is 59.7 Å². The van der Waals surface area contributed by atoms with Crippen LogP contribution < -0.4 is 0 Å². The highest BCUT2D eigenvalue weighted by Gasteiger charge is 2.32. The summed E-state index contributed by atoms with van der Waals surface area (Å²) in [5, 5.41) is 10.2. The Hall–Kier alpha value is -1.68. The number of rotatable bonds is 4. The minimum atomic E-state index is -0.260. The lowest BCUT2D eigenvalue weighted by Gasteiger charge is -2.21. The SMILES string of the molecule is Cc1ccccc1-c1cccc(CN2C[C@@H](O)[C@H](N(C)C)C2)c1. The molecule has 1 aliphatic heterocycles. The van der Waals surface area contributed by atoms with E-state index < -0.39 is 0 Å². The molecule has 1 N–H and O–H groups in total. The summed E-state index contributed by atoms with van der Waals surface area (Å²) in [5.41, 5.74) is 5.16. The van der Waals surface area contributed by atoms with E-state index in [2.05, 4.69) is 65.3 Å². The molecule has 122 valence electrons. The third kappa shape index (κ3) is 3.63. The number of hydrogen-bond acceptors (Lipinski definition) is 3. The molecule has 23 heavy (non-hydrogen) atoms. The smallest absolute Gasteiger partial charge is 0.0834 e. The lowest BCUT2D eigenvalue weighted by molar-refractivity contribution is 0.112. The van der Waals surface area contributed by atoms with Crippen LogP contribution in [0, 0.1) is 6.92 Å². The minimum Gasteiger partial charge on any atom is -0.390 e. The van der Waals surface area contributed by atoms with E-state index in [1.54, 1.807) is 0 Å². The summed E-state index contributed by atoms with van der Waals surface area (Å²) in [5.74, 6) is 0. The van der Waals surface area contributed by atoms with E-state index in [1.807, 2.05) is 14.1 Å². The summed E-state index contributed by atoms with van der Waals surface area (Å²) in [6.07, 6.45) is -0.260. The predicted molar refractivity (Wildman–Crippen MR) is 95.4 cm³/mol. The average molecular weight is 310 g/mol. The number of nitrogens with zero attached hydrogens (tertiary/aromatic N) is 2. The van der Waals surface area contributed by atoms with Gasteiger partial charge in [-0.05, 0) is 49.3 Å². The standard InChI is InChI=1S/C20H26N2O/c1-15-7-4-5-10-18(15)17-9-6-8-16(11-17)12-22-13-19(21(2)3)20(23)14-22/h4-11,19-20,23H,12-14H2,1-3H3/t19-,20-/m1/s1. The molecule has 0 aromatic heterocycles. The van der Waals surface area contributed by atoms with Gasteiger partial charge in [-0.3, -0.25) is 4.90 Å². The summed E-state index contributed by atoms with van der Waals surface area (Å²) >= 11 is 0. The average Bonchev–Trinajstić information content (AvgIpc) is 2.89. The van der Waals surface area contributed by atoms with Gasteiger partial charge in [0.25, 0.3) is 0 Å². The highest BCUT2D eigenvalue weighted by atomic mass is 16.3. The maximum Gasteiger partial charge on any atom is 0.0834 e. The number of benzene rings is 2. The minimum absolute atomic E-state index is 0.231. The Labute approximate surface area is 139 Å². The van der Waals surface area contributed by atoms with E-state index in [1.165, 1.54) is 22.3 Å². The molecule has 0 saturated carbocycles. The zero-order valence-electron chi connectivity index (χ0n) is 14.2. The topological polar surface area (TPSA) is 26.7 Å². The number of aryl methyl sites for hydroxylation is 1. The van der Waals surface area contributed by atoms with Gasteiger partial charge in [0.2, 0.25) is 0 Å². The van der Waals surface area contributed by atoms with Crippen LogP contribution in [0.15, 0.2) is 48.5 Å². The number of likely N-dealkylation sites (N-methyl/N-ethyl adjacent to an activating group) is 1. The van der Waals surface area contributed by atoms with Crippen LogP contribution >= 0.6 is 0 Å². The van der Waals surface area contributed by atoms with Crippen LogP contribution in [0.5, 0.6) is 0 Å². The molecule has 2 aromatic rings. The van der Waals surface area contributed by atoms with E-state index >= 15 is 0 Å². The van der Waals surface area contributed by atoms with E-state index in [0.717, 1.165) is 19.6 Å². The second-order valence-corrected chi connectivity index (χ2v) is 6.81. The Kier molecular flexibility index (Phi) is 4.81. The zero-order chi connectivity index (χ0) is 16.4. The Morgan fingerprint density at radius 3 is 2.57 bits per heavy atom. The van der Waals surface area contributed by atoms with Gasteiger partial charge >= 0.3 is 0 Å². The number of hydrogen-bond donors (Lipinski definition) is 1. The van der Waals surface area contributed by atoms with Gasteiger partial charge in [-0.1, -0.05) is 42.5 Å². The first-order valence-corrected chi connectivity index (χ1v) is 8.26. The van der Waals surface area contributed by atoms with Crippen molar-refractivity contribution in [3.8, 4) is 11.1 Å². The molecule has 2 atom stereocenters. The number of β-amino-alcohol motifs (C(OH)–C–C–N with tert-alkyl or cyclic N) is 1. The van der Waals surface area contributed by atoms with Crippen LogP contribution in [0.25, 0.3) is 11.1 Å². The van der Waals surface area contributed by atoms with Gasteiger partial charge in [-0.15, -0.1) is 0 Å². The molecule has 0 spiro atoms. The first-order chi connectivity index (χ1) is 11.0. The molecular weight excluding hydrogens is 284 g/mol. The Morgan fingerprint density at radius 2 is 1.87 bits per heavy atom. The largest absolute Gasteiger partial charge is 0.390 e. The Bertz CT molecular complexity index is 668. The van der Waals surface area contributed by atoms with Gasteiger partial charge < -0.3 is 10.0 Å². The molecule has 0 unspecified atom stereocenters. The second kappa shape index (κ2) is 6.83. The van der Waals surface area contributed by atoms with Crippen LogP contribution in [0.4, 0.5) is 0 Å². The van der Waals surface area contributed by atoms with Crippen molar-refractivity contribution in [1.82, 2.24) is 9.80 Å². The zero-order valence-corrected chi connectivity index (χ0v) is 14.2. The second-order valence-electron chi connectivity index (χ2n) is 6.81. The van der Waals surface area contributed by atoms with Crippen LogP contribution in [-0.2, 0) is 6.54 Å². The van der Waals surface area contributed by atoms with Gasteiger partial charge in [0, 0.05) is 25.7 Å². The van der Waals surface area contributed by atoms with Crippen LogP contribution in [0.2, 0.25) is 0 Å². The molecule has 1 fully saturated rings. The first-order valence-electron chi connectivity index (χ1n) is 8.26. The van der Waals surface area contributed by atoms with Gasteiger partial charge in [-0.25, -0.2) is 0 Å². The fourth-order valence-corrected chi connectivity index (χ4v) is 3.48. The summed E-state index contributed by atoms with van der Waals surface area (Å²) in [7, 11) is 4.08. The van der Waals surface area contributed by atoms with Crippen molar-refractivity contribution in [2.24, 2.45) is 0 Å². The lowest BCUT2D eigenvalue weighted by atomic mass is 9.99. The molecule has 3 heteroatoms. The molecule has 0 radical (unpaired) electrons. The molecule has 2 aromatic carbocycles. The van der Waals surface area contributed by atoms with E-state index in [9.17, 15) is 5.11 Å². The maximum atomic E-state index is 10.2. The Balaban J connectivity index is 1.75. The molecule has 3 nitrogen and oxygen atoms in total. The molecule has 0 aliphatic carbocycles. The van der Waals surface area contributed by atoms with E-state index in [0.29, 0.717) is 0 Å². The first kappa shape index (κ1) is 16.2. The van der Waals surface area contributed by atoms with Gasteiger partial charge in [-0.2, -0.15) is 0 Å². The third-order valence-corrected chi connectivity index (χ3v) is 4.79. The molecule has 1 heterocycles. The van der Waals surface area contributed by atoms with Crippen molar-refractivity contribution in [2.75, 3.05) is 27.2 Å². The summed E-state index contributed by atoms with van der Waals surface area (Å²) < 4.78 is 0. The van der Waals surface area contributed by atoms with Crippen molar-refractivity contribution in [3.63, 3.8) is 0 Å². The third-order valence-electron chi connectivity index (χ3n) is 4.79. The monoisotopic (exact) mass is 310 g/mol. The highest BCUT2D eigenvalue weighted by Crippen LogP contribution is 2.25. The summed E-state index contributed by atoms with van der Waals surface area (Å²) in [6, 6.07) is 17.5.